The molecule has 1 N–H and O–H groups in total. The molecule has 1 aliphatic rings. The molecule has 0 unspecified atom stereocenters. The van der Waals surface area contributed by atoms with Gasteiger partial charge in [0.25, 0.3) is 0 Å². The fraction of sp³-hybridized carbons (Fsp3) is 0.184. The molecule has 0 spiro atoms. The Morgan fingerprint density at radius 2 is 1.07 bits per heavy atom. The van der Waals surface area contributed by atoms with Gasteiger partial charge in [-0.15, -0.1) is 0 Å². The lowest BCUT2D eigenvalue weighted by Gasteiger charge is -2.21. The van der Waals surface area contributed by atoms with E-state index in [0.29, 0.717) is 0 Å². The summed E-state index contributed by atoms with van der Waals surface area (Å²) in [5.74, 6) is -2.45. The average molecular weight is 601 g/mol. The summed E-state index contributed by atoms with van der Waals surface area (Å²) in [6.07, 6.45) is 4.11. The smallest absolute Gasteiger partial charge is 0.211 e. The molecule has 4 aromatic carbocycles. The molecule has 1 aliphatic carbocycles. The number of nitrogens with zero attached hydrogens (tertiary/aromatic N) is 2. The first-order valence-electron chi connectivity index (χ1n) is 14.8. The number of carboxylic acid groups (broad SMARTS) is 2. The summed E-state index contributed by atoms with van der Waals surface area (Å²) in [5, 5.41) is 19.3. The molecule has 0 fully saturated rings. The third kappa shape index (κ3) is 8.80. The van der Waals surface area contributed by atoms with Crippen molar-refractivity contribution >= 4 is 45.9 Å². The number of carbonyl (C=O) groups is 2. The number of para-hydroxylation sites is 1. The second-order valence-corrected chi connectivity index (χ2v) is 11.1. The van der Waals surface area contributed by atoms with Crippen LogP contribution < -0.4 is 25.0 Å². The molecule has 0 heterocycles. The lowest BCUT2D eigenvalue weighted by atomic mass is 9.83. The third-order valence-corrected chi connectivity index (χ3v) is 7.35. The standard InChI is InChI=1S/C33H31N3.C5H8O4/c1-35(2)27-18-14-24(15-19-27)33(25-16-20-28(21-17-25)36(3)4)31-22-23-32(30-13-9-8-12-29(30)31)34-26-10-6-5-7-11-26;6-4(7)2-1-3-5(8)9/h5-23H,1-4H3;1-3H2,(H,6,7)(H,8,9)/p-1. The van der Waals surface area contributed by atoms with Crippen molar-refractivity contribution in [2.45, 2.75) is 19.3 Å². The van der Waals surface area contributed by atoms with Crippen molar-refractivity contribution in [2.75, 3.05) is 38.0 Å². The molecule has 45 heavy (non-hydrogen) atoms. The third-order valence-electron chi connectivity index (χ3n) is 7.35. The monoisotopic (exact) mass is 600 g/mol. The minimum atomic E-state index is -1.23. The molecule has 0 saturated heterocycles. The Morgan fingerprint density at radius 3 is 1.53 bits per heavy atom. The van der Waals surface area contributed by atoms with Crippen LogP contribution in [-0.4, -0.2) is 45.8 Å². The highest BCUT2D eigenvalue weighted by atomic mass is 16.4. The van der Waals surface area contributed by atoms with Gasteiger partial charge >= 0.3 is 0 Å². The number of allylic oxidation sites excluding steroid dienone is 3. The van der Waals surface area contributed by atoms with E-state index in [1.54, 1.807) is 0 Å². The minimum absolute atomic E-state index is 0.0880. The Morgan fingerprint density at radius 1 is 0.600 bits per heavy atom. The Balaban J connectivity index is 0.000000448. The van der Waals surface area contributed by atoms with E-state index in [4.69, 9.17) is 0 Å². The van der Waals surface area contributed by atoms with Crippen LogP contribution in [0.15, 0.2) is 115 Å². The number of carboxylic acids is 2. The summed E-state index contributed by atoms with van der Waals surface area (Å²) in [5.41, 5.74) is 11.8. The summed E-state index contributed by atoms with van der Waals surface area (Å²) in [6, 6.07) is 36.7. The van der Waals surface area contributed by atoms with Gasteiger partial charge < -0.3 is 29.6 Å². The molecule has 7 nitrogen and oxygen atoms in total. The second kappa shape index (κ2) is 15.3. The van der Waals surface area contributed by atoms with Gasteiger partial charge in [-0.25, -0.2) is 4.99 Å². The molecule has 0 bridgehead atoms. The number of carbonyl (C=O) groups excluding carboxylic acids is 2. The van der Waals surface area contributed by atoms with E-state index in [-0.39, 0.29) is 19.3 Å². The topological polar surface area (TPSA) is 101 Å². The summed E-state index contributed by atoms with van der Waals surface area (Å²) in [6.45, 7) is 0. The molecule has 0 aromatic heterocycles. The number of hydrogen-bond donors (Lipinski definition) is 1. The predicted octanol–water partition coefficient (Wildman–Crippen LogP) is 3.21. The van der Waals surface area contributed by atoms with Gasteiger partial charge in [0.2, 0.25) is 11.4 Å². The first-order valence-corrected chi connectivity index (χ1v) is 14.8. The van der Waals surface area contributed by atoms with Crippen LogP contribution in [0.4, 0.5) is 17.1 Å². The van der Waals surface area contributed by atoms with Gasteiger partial charge in [-0.2, -0.15) is 0 Å². The lowest BCUT2D eigenvalue weighted by Crippen LogP contribution is -2.66. The number of nitrogens with one attached hydrogen (secondary N) is 1. The molecule has 0 aliphatic heterocycles. The number of rotatable bonds is 9. The maximum absolute atomic E-state index is 9.66. The van der Waals surface area contributed by atoms with Crippen LogP contribution in [0.5, 0.6) is 0 Å². The maximum atomic E-state index is 9.66. The van der Waals surface area contributed by atoms with Crippen molar-refractivity contribution in [3.8, 4) is 0 Å². The number of anilines is 2. The summed E-state index contributed by atoms with van der Waals surface area (Å²) < 4.78 is 0. The van der Waals surface area contributed by atoms with Crippen LogP contribution in [0.25, 0.3) is 11.1 Å². The molecule has 0 radical (unpaired) electrons. The second-order valence-electron chi connectivity index (χ2n) is 11.1. The Bertz CT molecular complexity index is 1630. The van der Waals surface area contributed by atoms with Gasteiger partial charge in [-0.05, 0) is 83.5 Å². The normalized spacial score (nSPS) is 12.5. The molecule has 230 valence electrons. The highest BCUT2D eigenvalue weighted by Crippen LogP contribution is 2.37. The van der Waals surface area contributed by atoms with Crippen LogP contribution in [-0.2, 0) is 9.59 Å². The fourth-order valence-electron chi connectivity index (χ4n) is 5.01. The Kier molecular flexibility index (Phi) is 11.1. The highest BCUT2D eigenvalue weighted by molar-refractivity contribution is 6.17. The highest BCUT2D eigenvalue weighted by Gasteiger charge is 2.23. The first-order chi connectivity index (χ1) is 21.6. The van der Waals surface area contributed by atoms with Gasteiger partial charge in [0.1, 0.15) is 0 Å². The van der Waals surface area contributed by atoms with Gasteiger partial charge in [0.05, 0.1) is 5.56 Å². The van der Waals surface area contributed by atoms with Crippen molar-refractivity contribution < 1.29 is 24.8 Å². The molecule has 0 saturated carbocycles. The van der Waals surface area contributed by atoms with E-state index >= 15 is 0 Å². The van der Waals surface area contributed by atoms with Gasteiger partial charge in [0, 0.05) is 69.7 Å². The average Bonchev–Trinajstić information content (AvgIpc) is 3.03. The Labute approximate surface area is 265 Å². The zero-order valence-electron chi connectivity index (χ0n) is 26.1. The minimum Gasteiger partial charge on any atom is -0.550 e. The number of hydrogen-bond acceptors (Lipinski definition) is 6. The van der Waals surface area contributed by atoms with Crippen molar-refractivity contribution in [2.24, 2.45) is 0 Å². The van der Waals surface area contributed by atoms with Crippen LogP contribution in [0.3, 0.4) is 0 Å². The predicted molar refractivity (Wildman–Crippen MR) is 178 cm³/mol. The van der Waals surface area contributed by atoms with E-state index in [1.165, 1.54) is 44.8 Å². The van der Waals surface area contributed by atoms with Crippen LogP contribution in [0, 0.1) is 0 Å². The number of benzene rings is 4. The molecule has 0 atom stereocenters. The molecule has 5 rings (SSSR count). The van der Waals surface area contributed by atoms with Crippen molar-refractivity contribution in [3.63, 3.8) is 0 Å². The summed E-state index contributed by atoms with van der Waals surface area (Å²) in [4.78, 5) is 27.2. The van der Waals surface area contributed by atoms with E-state index in [0.717, 1.165) is 11.4 Å². The summed E-state index contributed by atoms with van der Waals surface area (Å²) in [7, 11) is 8.30. The quantitative estimate of drug-likeness (QED) is 0.317. The molecule has 4 aromatic rings. The number of aliphatic carboxylic acids is 2. The van der Waals surface area contributed by atoms with E-state index in [1.807, 2.05) is 6.07 Å². The molecular weight excluding hydrogens is 562 g/mol. The van der Waals surface area contributed by atoms with Crippen molar-refractivity contribution in [1.29, 1.82) is 0 Å². The molecular formula is C38H38N3O4-. The maximum Gasteiger partial charge on any atom is 0.211 e. The van der Waals surface area contributed by atoms with Gasteiger partial charge in [-0.3, -0.25) is 0 Å². The Hall–Kier alpha value is -5.43. The SMILES string of the molecule is CN(C)c1ccc(C(=C2C=CC(=[NH+]c3ccccc3)c3ccccc32)c2ccc(N(C)C)cc2)cc1.O=C([O-])CCCC(=O)[O-]. The zero-order valence-corrected chi connectivity index (χ0v) is 26.1. The fourth-order valence-corrected chi connectivity index (χ4v) is 5.01. The van der Waals surface area contributed by atoms with Gasteiger partial charge in [-0.1, -0.05) is 60.7 Å². The van der Waals surface area contributed by atoms with Crippen LogP contribution >= 0.6 is 0 Å². The van der Waals surface area contributed by atoms with E-state index < -0.39 is 11.9 Å². The van der Waals surface area contributed by atoms with Crippen molar-refractivity contribution in [3.05, 3.63) is 138 Å². The molecule has 0 amide bonds. The lowest BCUT2D eigenvalue weighted by molar-refractivity contribution is -0.351. The van der Waals surface area contributed by atoms with Crippen LogP contribution in [0.1, 0.15) is 41.5 Å². The number of fused-ring (bicyclic) bond motifs is 1. The van der Waals surface area contributed by atoms with Crippen LogP contribution in [0.2, 0.25) is 0 Å². The van der Waals surface area contributed by atoms with Crippen molar-refractivity contribution in [1.82, 2.24) is 0 Å². The molecule has 7 heteroatoms. The first kappa shape index (κ1) is 32.5. The van der Waals surface area contributed by atoms with Gasteiger partial charge in [0.15, 0.2) is 0 Å². The van der Waals surface area contributed by atoms with E-state index in [9.17, 15) is 19.8 Å². The zero-order chi connectivity index (χ0) is 32.3. The largest absolute Gasteiger partial charge is 0.550 e. The van der Waals surface area contributed by atoms with E-state index in [2.05, 4.69) is 152 Å². The summed E-state index contributed by atoms with van der Waals surface area (Å²) >= 11 is 0.